The minimum Gasteiger partial charge on any atom is -0.489 e. The van der Waals surface area contributed by atoms with Gasteiger partial charge in [-0.25, -0.2) is 4.98 Å². The average Bonchev–Trinajstić information content (AvgIpc) is 3.26. The first-order valence-corrected chi connectivity index (χ1v) is 12.0. The van der Waals surface area contributed by atoms with E-state index in [-0.39, 0.29) is 12.0 Å². The molecule has 0 bridgehead atoms. The molecule has 0 saturated carbocycles. The second-order valence-electron chi connectivity index (χ2n) is 8.90. The second kappa shape index (κ2) is 10.8. The molecule has 0 spiro atoms. The van der Waals surface area contributed by atoms with Gasteiger partial charge in [-0.2, -0.15) is 0 Å². The molecule has 168 valence electrons. The van der Waals surface area contributed by atoms with Gasteiger partial charge in [0.25, 0.3) is 5.91 Å². The molecule has 0 radical (unpaired) electrons. The molecule has 2 aliphatic rings. The van der Waals surface area contributed by atoms with E-state index >= 15 is 0 Å². The maximum Gasteiger partial charge on any atom is 0.257 e. The summed E-state index contributed by atoms with van der Waals surface area (Å²) in [5.74, 6) is 1.96. The van der Waals surface area contributed by atoms with Gasteiger partial charge < -0.3 is 14.6 Å². The molecule has 31 heavy (non-hydrogen) atoms. The summed E-state index contributed by atoms with van der Waals surface area (Å²) in [7, 11) is 0. The number of H-pyrrole nitrogens is 1. The van der Waals surface area contributed by atoms with Crippen LogP contribution in [0.3, 0.4) is 0 Å². The summed E-state index contributed by atoms with van der Waals surface area (Å²) in [6.07, 6.45) is 10.9. The van der Waals surface area contributed by atoms with E-state index in [4.69, 9.17) is 4.74 Å². The normalized spacial score (nSPS) is 18.3. The Labute approximate surface area is 186 Å². The fourth-order valence-electron chi connectivity index (χ4n) is 4.58. The highest BCUT2D eigenvalue weighted by molar-refractivity contribution is 5.97. The smallest absolute Gasteiger partial charge is 0.257 e. The third-order valence-corrected chi connectivity index (χ3v) is 6.43. The maximum absolute atomic E-state index is 13.0. The van der Waals surface area contributed by atoms with Crippen molar-refractivity contribution < 1.29 is 9.53 Å². The minimum atomic E-state index is 0.117. The van der Waals surface area contributed by atoms with Crippen LogP contribution in [0.2, 0.25) is 0 Å². The van der Waals surface area contributed by atoms with Gasteiger partial charge in [0, 0.05) is 51.0 Å². The number of imidazole rings is 1. The summed E-state index contributed by atoms with van der Waals surface area (Å²) in [5.41, 5.74) is 1.91. The lowest BCUT2D eigenvalue weighted by Gasteiger charge is -2.32. The third-order valence-electron chi connectivity index (χ3n) is 6.43. The molecule has 3 heterocycles. The highest BCUT2D eigenvalue weighted by Crippen LogP contribution is 2.26. The Morgan fingerprint density at radius 1 is 1.13 bits per heavy atom. The molecule has 1 amide bonds. The van der Waals surface area contributed by atoms with Gasteiger partial charge in [-0.05, 0) is 50.7 Å². The predicted molar refractivity (Wildman–Crippen MR) is 122 cm³/mol. The zero-order valence-corrected chi connectivity index (χ0v) is 18.8. The van der Waals surface area contributed by atoms with Crippen LogP contribution < -0.4 is 4.74 Å². The van der Waals surface area contributed by atoms with Gasteiger partial charge in [-0.15, -0.1) is 0 Å². The summed E-state index contributed by atoms with van der Waals surface area (Å²) in [6.45, 7) is 6.83. The van der Waals surface area contributed by atoms with E-state index in [1.807, 2.05) is 35.4 Å². The van der Waals surface area contributed by atoms with Crippen molar-refractivity contribution in [3.63, 3.8) is 0 Å². The van der Waals surface area contributed by atoms with Crippen LogP contribution in [0, 0.1) is 0 Å². The van der Waals surface area contributed by atoms with E-state index in [0.717, 1.165) is 76.4 Å². The van der Waals surface area contributed by atoms with Crippen LogP contribution in [0.5, 0.6) is 5.75 Å². The largest absolute Gasteiger partial charge is 0.489 e. The lowest BCUT2D eigenvalue weighted by atomic mass is 10.1. The SMILES string of the molecule is CCCCc1ncc(CN2CCC(Oc3ccccc3C(=O)N3CCCCC3)CC2)[nH]1. The molecule has 2 fully saturated rings. The highest BCUT2D eigenvalue weighted by atomic mass is 16.5. The van der Waals surface area contributed by atoms with Crippen LogP contribution in [0.4, 0.5) is 0 Å². The number of para-hydroxylation sites is 1. The second-order valence-corrected chi connectivity index (χ2v) is 8.90. The molecule has 0 aliphatic carbocycles. The molecule has 0 unspecified atom stereocenters. The van der Waals surface area contributed by atoms with Crippen molar-refractivity contribution >= 4 is 5.91 Å². The molecular weight excluding hydrogens is 388 g/mol. The lowest BCUT2D eigenvalue weighted by molar-refractivity contribution is 0.0701. The monoisotopic (exact) mass is 424 g/mol. The molecule has 0 atom stereocenters. The standard InChI is InChI=1S/C25H36N4O2/c1-2-3-11-24-26-18-20(27-24)19-28-16-12-21(13-17-28)31-23-10-6-5-9-22(23)25(30)29-14-7-4-8-15-29/h5-6,9-10,18,21H,2-4,7-8,11-17,19H2,1H3,(H,26,27). The topological polar surface area (TPSA) is 61.5 Å². The molecule has 6 nitrogen and oxygen atoms in total. The number of likely N-dealkylation sites (tertiary alicyclic amines) is 2. The van der Waals surface area contributed by atoms with Gasteiger partial charge in [-0.3, -0.25) is 9.69 Å². The number of carbonyl (C=O) groups is 1. The Hall–Kier alpha value is -2.34. The van der Waals surface area contributed by atoms with Gasteiger partial charge >= 0.3 is 0 Å². The molecule has 2 saturated heterocycles. The number of piperidine rings is 2. The summed E-state index contributed by atoms with van der Waals surface area (Å²) in [5, 5.41) is 0. The van der Waals surface area contributed by atoms with Crippen LogP contribution in [0.25, 0.3) is 0 Å². The number of nitrogens with zero attached hydrogens (tertiary/aromatic N) is 3. The zero-order valence-electron chi connectivity index (χ0n) is 18.8. The summed E-state index contributed by atoms with van der Waals surface area (Å²) < 4.78 is 6.35. The maximum atomic E-state index is 13.0. The van der Waals surface area contributed by atoms with Gasteiger partial charge in [0.1, 0.15) is 17.7 Å². The number of unbranched alkanes of at least 4 members (excludes halogenated alkanes) is 1. The molecule has 4 rings (SSSR count). The van der Waals surface area contributed by atoms with Crippen molar-refractivity contribution in [3.05, 3.63) is 47.5 Å². The van der Waals surface area contributed by atoms with Gasteiger partial charge in [0.2, 0.25) is 0 Å². The van der Waals surface area contributed by atoms with Crippen molar-refractivity contribution in [2.24, 2.45) is 0 Å². The number of rotatable bonds is 8. The van der Waals surface area contributed by atoms with Crippen molar-refractivity contribution in [1.82, 2.24) is 19.8 Å². The fourth-order valence-corrected chi connectivity index (χ4v) is 4.58. The van der Waals surface area contributed by atoms with E-state index in [9.17, 15) is 4.79 Å². The van der Waals surface area contributed by atoms with Gasteiger partial charge in [0.15, 0.2) is 0 Å². The Morgan fingerprint density at radius 2 is 1.90 bits per heavy atom. The van der Waals surface area contributed by atoms with E-state index in [2.05, 4.69) is 21.8 Å². The Morgan fingerprint density at radius 3 is 2.68 bits per heavy atom. The Kier molecular flexibility index (Phi) is 7.62. The van der Waals surface area contributed by atoms with Crippen molar-refractivity contribution in [2.45, 2.75) is 70.9 Å². The number of benzene rings is 1. The van der Waals surface area contributed by atoms with E-state index in [0.29, 0.717) is 5.56 Å². The number of hydrogen-bond donors (Lipinski definition) is 1. The predicted octanol–water partition coefficient (Wildman–Crippen LogP) is 4.42. The molecule has 1 aromatic heterocycles. The number of carbonyl (C=O) groups excluding carboxylic acids is 1. The van der Waals surface area contributed by atoms with Crippen LogP contribution in [0.1, 0.15) is 73.7 Å². The summed E-state index contributed by atoms with van der Waals surface area (Å²) in [6, 6.07) is 7.76. The average molecular weight is 425 g/mol. The zero-order chi connectivity index (χ0) is 21.5. The first kappa shape index (κ1) is 21.9. The third kappa shape index (κ3) is 5.88. The number of aromatic amines is 1. The van der Waals surface area contributed by atoms with Crippen LogP contribution in [0.15, 0.2) is 30.5 Å². The fraction of sp³-hybridized carbons (Fsp3) is 0.600. The number of hydrogen-bond acceptors (Lipinski definition) is 4. The Balaban J connectivity index is 1.29. The number of aromatic nitrogens is 2. The first-order valence-electron chi connectivity index (χ1n) is 12.0. The minimum absolute atomic E-state index is 0.117. The first-order chi connectivity index (χ1) is 15.2. The van der Waals surface area contributed by atoms with E-state index < -0.39 is 0 Å². The molecular formula is C25H36N4O2. The number of ether oxygens (including phenoxy) is 1. The van der Waals surface area contributed by atoms with Gasteiger partial charge in [0.05, 0.1) is 5.56 Å². The number of amides is 1. The quantitative estimate of drug-likeness (QED) is 0.681. The molecule has 1 aromatic carbocycles. The lowest BCUT2D eigenvalue weighted by Crippen LogP contribution is -2.38. The van der Waals surface area contributed by atoms with Crippen molar-refractivity contribution in [2.75, 3.05) is 26.2 Å². The highest BCUT2D eigenvalue weighted by Gasteiger charge is 2.25. The van der Waals surface area contributed by atoms with Crippen LogP contribution in [-0.2, 0) is 13.0 Å². The number of nitrogens with one attached hydrogen (secondary N) is 1. The van der Waals surface area contributed by atoms with Gasteiger partial charge in [-0.1, -0.05) is 25.5 Å². The summed E-state index contributed by atoms with van der Waals surface area (Å²) >= 11 is 0. The molecule has 2 aromatic rings. The van der Waals surface area contributed by atoms with Crippen LogP contribution in [-0.4, -0.2) is 58.0 Å². The number of aryl methyl sites for hydroxylation is 1. The molecule has 6 heteroatoms. The van der Waals surface area contributed by atoms with Crippen molar-refractivity contribution in [1.29, 1.82) is 0 Å². The molecule has 1 N–H and O–H groups in total. The van der Waals surface area contributed by atoms with Crippen LogP contribution >= 0.6 is 0 Å². The summed E-state index contributed by atoms with van der Waals surface area (Å²) in [4.78, 5) is 25.4. The van der Waals surface area contributed by atoms with E-state index in [1.165, 1.54) is 25.0 Å². The van der Waals surface area contributed by atoms with Crippen molar-refractivity contribution in [3.8, 4) is 5.75 Å². The van der Waals surface area contributed by atoms with E-state index in [1.54, 1.807) is 0 Å². The molecule has 2 aliphatic heterocycles. The Bertz CT molecular complexity index is 836.